The van der Waals surface area contributed by atoms with E-state index in [9.17, 15) is 8.78 Å². The molecule has 8 nitrogen and oxygen atoms in total. The topological polar surface area (TPSA) is 90.5 Å². The third kappa shape index (κ3) is 4.48. The predicted octanol–water partition coefficient (Wildman–Crippen LogP) is 3.84. The second-order valence-corrected chi connectivity index (χ2v) is 8.67. The molecular formula is C22H23ClF2N4O4. The lowest BCUT2D eigenvalue weighted by Gasteiger charge is -2.19. The van der Waals surface area contributed by atoms with Gasteiger partial charge in [0, 0.05) is 12.1 Å². The van der Waals surface area contributed by atoms with Gasteiger partial charge in [0.1, 0.15) is 35.8 Å². The highest BCUT2D eigenvalue weighted by atomic mass is 35.5. The average molecular weight is 481 g/mol. The van der Waals surface area contributed by atoms with Crippen LogP contribution in [0.1, 0.15) is 19.4 Å². The summed E-state index contributed by atoms with van der Waals surface area (Å²) in [6, 6.07) is 5.56. The van der Waals surface area contributed by atoms with Gasteiger partial charge in [-0.25, -0.2) is 13.8 Å². The molecule has 2 saturated heterocycles. The molecule has 2 aromatic heterocycles. The fraction of sp³-hybridized carbons (Fsp3) is 0.455. The van der Waals surface area contributed by atoms with Crippen molar-refractivity contribution in [2.75, 3.05) is 18.5 Å². The Hall–Kier alpha value is -2.53. The number of halogens is 3. The summed E-state index contributed by atoms with van der Waals surface area (Å²) in [7, 11) is 0. The number of nitrogens with zero attached hydrogens (tertiary/aromatic N) is 2. The fourth-order valence-corrected chi connectivity index (χ4v) is 4.31. The molecule has 0 bridgehead atoms. The zero-order valence-electron chi connectivity index (χ0n) is 18.0. The Morgan fingerprint density at radius 3 is 2.58 bits per heavy atom. The number of aromatic amines is 1. The standard InChI is InChI=1S/C22H23ClF2N4O4/c1-10(2)32-16-8-30-19-17(9-31-18(16)19)33-22-27-15-6-12(23)20(28-21(15)29-22)26-7-11-13(24)4-3-5-14(11)25/h3-6,10,16-19H,7-9H2,1-2H3,(H2,26,27,28,29)/t16-,17-,18-,19-/m1/s1. The van der Waals surface area contributed by atoms with Crippen molar-refractivity contribution in [3.63, 3.8) is 0 Å². The van der Waals surface area contributed by atoms with E-state index in [4.69, 9.17) is 30.5 Å². The van der Waals surface area contributed by atoms with Crippen LogP contribution in [0.15, 0.2) is 24.3 Å². The van der Waals surface area contributed by atoms with Crippen LogP contribution in [0.5, 0.6) is 6.01 Å². The van der Waals surface area contributed by atoms with Gasteiger partial charge in [-0.2, -0.15) is 4.98 Å². The van der Waals surface area contributed by atoms with Crippen LogP contribution in [-0.4, -0.2) is 58.7 Å². The molecule has 0 radical (unpaired) electrons. The van der Waals surface area contributed by atoms with Gasteiger partial charge in [-0.15, -0.1) is 0 Å². The number of rotatable bonds is 7. The first-order valence-corrected chi connectivity index (χ1v) is 11.0. The Bertz CT molecular complexity index is 1140. The Labute approximate surface area is 193 Å². The molecule has 2 N–H and O–H groups in total. The van der Waals surface area contributed by atoms with Crippen molar-refractivity contribution in [1.82, 2.24) is 15.0 Å². The summed E-state index contributed by atoms with van der Waals surface area (Å²) < 4.78 is 51.3. The van der Waals surface area contributed by atoms with Crippen molar-refractivity contribution in [2.24, 2.45) is 0 Å². The number of aromatic nitrogens is 3. The highest BCUT2D eigenvalue weighted by Gasteiger charge is 2.50. The second kappa shape index (κ2) is 9.02. The summed E-state index contributed by atoms with van der Waals surface area (Å²) in [4.78, 5) is 11.8. The molecule has 0 amide bonds. The molecule has 2 aliphatic rings. The van der Waals surface area contributed by atoms with Crippen molar-refractivity contribution in [3.05, 3.63) is 46.5 Å². The van der Waals surface area contributed by atoms with Gasteiger partial charge in [-0.1, -0.05) is 17.7 Å². The van der Waals surface area contributed by atoms with Crippen molar-refractivity contribution in [3.8, 4) is 6.01 Å². The third-order valence-electron chi connectivity index (χ3n) is 5.57. The monoisotopic (exact) mass is 480 g/mol. The number of imidazole rings is 1. The van der Waals surface area contributed by atoms with Gasteiger partial charge >= 0.3 is 0 Å². The molecule has 1 aromatic carbocycles. The number of H-pyrrole nitrogens is 1. The number of hydrogen-bond acceptors (Lipinski definition) is 7. The smallest absolute Gasteiger partial charge is 0.296 e. The zero-order chi connectivity index (χ0) is 23.1. The van der Waals surface area contributed by atoms with Crippen molar-refractivity contribution in [1.29, 1.82) is 0 Å². The molecular weight excluding hydrogens is 458 g/mol. The van der Waals surface area contributed by atoms with Crippen LogP contribution >= 0.6 is 11.6 Å². The maximum absolute atomic E-state index is 13.9. The number of nitrogens with one attached hydrogen (secondary N) is 2. The lowest BCUT2D eigenvalue weighted by Crippen LogP contribution is -2.36. The summed E-state index contributed by atoms with van der Waals surface area (Å²) in [5.74, 6) is -1.05. The van der Waals surface area contributed by atoms with E-state index < -0.39 is 11.6 Å². The molecule has 11 heteroatoms. The quantitative estimate of drug-likeness (QED) is 0.531. The van der Waals surface area contributed by atoms with Crippen LogP contribution in [0.3, 0.4) is 0 Å². The van der Waals surface area contributed by atoms with Gasteiger partial charge in [0.05, 0.1) is 29.9 Å². The normalized spacial score (nSPS) is 24.5. The molecule has 2 aliphatic heterocycles. The van der Waals surface area contributed by atoms with E-state index in [0.29, 0.717) is 24.4 Å². The number of anilines is 1. The molecule has 0 aliphatic carbocycles. The zero-order valence-corrected chi connectivity index (χ0v) is 18.7. The first-order chi connectivity index (χ1) is 15.9. The first kappa shape index (κ1) is 22.3. The minimum atomic E-state index is -0.651. The molecule has 5 rings (SSSR count). The van der Waals surface area contributed by atoms with Crippen molar-refractivity contribution >= 4 is 28.6 Å². The maximum atomic E-state index is 13.9. The predicted molar refractivity (Wildman–Crippen MR) is 116 cm³/mol. The molecule has 0 unspecified atom stereocenters. The van der Waals surface area contributed by atoms with E-state index in [1.54, 1.807) is 6.07 Å². The number of ether oxygens (including phenoxy) is 4. The lowest BCUT2D eigenvalue weighted by atomic mass is 10.1. The van der Waals surface area contributed by atoms with Crippen LogP contribution in [0, 0.1) is 11.6 Å². The summed E-state index contributed by atoms with van der Waals surface area (Å²) in [5, 5.41) is 3.13. The third-order valence-corrected chi connectivity index (χ3v) is 5.86. The van der Waals surface area contributed by atoms with E-state index >= 15 is 0 Å². The minimum absolute atomic E-state index is 0.0739. The summed E-state index contributed by atoms with van der Waals surface area (Å²) in [6.07, 6.45) is -0.860. The molecule has 2 fully saturated rings. The number of benzene rings is 1. The Morgan fingerprint density at radius 2 is 1.85 bits per heavy atom. The average Bonchev–Trinajstić information content (AvgIpc) is 3.44. The second-order valence-electron chi connectivity index (χ2n) is 8.26. The van der Waals surface area contributed by atoms with Crippen LogP contribution in [-0.2, 0) is 20.8 Å². The fourth-order valence-electron chi connectivity index (χ4n) is 4.09. The Morgan fingerprint density at radius 1 is 1.15 bits per heavy atom. The van der Waals surface area contributed by atoms with Gasteiger partial charge in [0.15, 0.2) is 11.8 Å². The Balaban J connectivity index is 1.28. The van der Waals surface area contributed by atoms with E-state index in [1.165, 1.54) is 18.2 Å². The van der Waals surface area contributed by atoms with E-state index in [2.05, 4.69) is 20.3 Å². The largest absolute Gasteiger partial charge is 0.456 e. The van der Waals surface area contributed by atoms with E-state index in [-0.39, 0.29) is 59.5 Å². The molecule has 33 heavy (non-hydrogen) atoms. The summed E-state index contributed by atoms with van der Waals surface area (Å²) >= 11 is 6.30. The van der Waals surface area contributed by atoms with E-state index in [0.717, 1.165) is 0 Å². The van der Waals surface area contributed by atoms with Crippen LogP contribution < -0.4 is 10.1 Å². The van der Waals surface area contributed by atoms with Crippen molar-refractivity contribution < 1.29 is 27.7 Å². The molecule has 4 atom stereocenters. The number of hydrogen-bond donors (Lipinski definition) is 2. The number of pyridine rings is 1. The highest BCUT2D eigenvalue weighted by molar-refractivity contribution is 6.33. The molecule has 3 aromatic rings. The van der Waals surface area contributed by atoms with Crippen LogP contribution in [0.4, 0.5) is 14.6 Å². The van der Waals surface area contributed by atoms with Gasteiger partial charge in [-0.3, -0.25) is 0 Å². The van der Waals surface area contributed by atoms with Gasteiger partial charge in [0.2, 0.25) is 0 Å². The van der Waals surface area contributed by atoms with E-state index in [1.807, 2.05) is 13.8 Å². The first-order valence-electron chi connectivity index (χ1n) is 10.7. The summed E-state index contributed by atoms with van der Waals surface area (Å²) in [5.41, 5.74) is 0.796. The van der Waals surface area contributed by atoms with Crippen molar-refractivity contribution in [2.45, 2.75) is 50.9 Å². The van der Waals surface area contributed by atoms with Gasteiger partial charge < -0.3 is 29.2 Å². The highest BCUT2D eigenvalue weighted by Crippen LogP contribution is 2.32. The lowest BCUT2D eigenvalue weighted by molar-refractivity contribution is -0.0600. The molecule has 176 valence electrons. The van der Waals surface area contributed by atoms with Crippen LogP contribution in [0.2, 0.25) is 5.02 Å². The van der Waals surface area contributed by atoms with Gasteiger partial charge in [-0.05, 0) is 32.0 Å². The maximum Gasteiger partial charge on any atom is 0.296 e. The SMILES string of the molecule is CC(C)O[C@@H]1CO[C@H]2[C@@H]1OC[C@H]2Oc1nc2nc(NCc3c(F)cccc3F)c(Cl)cc2[nH]1. The number of fused-ring (bicyclic) bond motifs is 2. The van der Waals surface area contributed by atoms with Crippen LogP contribution in [0.25, 0.3) is 11.2 Å². The molecule has 4 heterocycles. The minimum Gasteiger partial charge on any atom is -0.456 e. The molecule has 0 spiro atoms. The van der Waals surface area contributed by atoms with Gasteiger partial charge in [0.25, 0.3) is 6.01 Å². The molecule has 0 saturated carbocycles. The summed E-state index contributed by atoms with van der Waals surface area (Å²) in [6.45, 7) is 4.61. The Kier molecular flexibility index (Phi) is 6.09.